The number of aryl methyl sites for hydroxylation is 1. The second kappa shape index (κ2) is 13.1. The Labute approximate surface area is 203 Å². The summed E-state index contributed by atoms with van der Waals surface area (Å²) in [7, 11) is -2.70. The van der Waals surface area contributed by atoms with Crippen LogP contribution in [0.3, 0.4) is 0 Å². The van der Waals surface area contributed by atoms with Gasteiger partial charge in [0.05, 0.1) is 38.4 Å². The second-order valence-electron chi connectivity index (χ2n) is 10.3. The van der Waals surface area contributed by atoms with Crippen molar-refractivity contribution in [2.45, 2.75) is 85.0 Å². The highest BCUT2D eigenvalue weighted by Gasteiger charge is 2.44. The van der Waals surface area contributed by atoms with Crippen LogP contribution in [0.1, 0.15) is 83.8 Å². The molecule has 0 aromatic heterocycles. The maximum Gasteiger partial charge on any atom is 0.397 e. The number of benzene rings is 1. The molecular formula is C25H42O6P2. The van der Waals surface area contributed by atoms with E-state index in [1.165, 1.54) is 44.1 Å². The number of hydrogen-bond donors (Lipinski definition) is 0. The summed E-state index contributed by atoms with van der Waals surface area (Å²) in [5, 5.41) is 0. The Kier molecular flexibility index (Phi) is 10.8. The Hall–Kier alpha value is -0.320. The van der Waals surface area contributed by atoms with E-state index >= 15 is 0 Å². The molecular weight excluding hydrogens is 458 g/mol. The van der Waals surface area contributed by atoms with Crippen LogP contribution < -0.4 is 4.52 Å². The fourth-order valence-corrected chi connectivity index (χ4v) is 6.32. The lowest BCUT2D eigenvalue weighted by Gasteiger charge is -2.41. The summed E-state index contributed by atoms with van der Waals surface area (Å²) in [4.78, 5) is 0. The minimum Gasteiger partial charge on any atom is -0.426 e. The number of rotatable bonds is 11. The zero-order valence-electron chi connectivity index (χ0n) is 21.1. The molecule has 8 heteroatoms. The quantitative estimate of drug-likeness (QED) is 0.227. The van der Waals surface area contributed by atoms with Gasteiger partial charge in [-0.1, -0.05) is 83.9 Å². The Morgan fingerprint density at radius 2 is 1.42 bits per heavy atom. The molecule has 2 saturated heterocycles. The standard InChI is InChI=1S/C25H42O6P2/c1-6-7-8-9-10-11-12-15-26-32-27-17-25(18-28-32)19-29-33(30-20-25)31-23-14-13-21(2)16-22(23)24(3,4)5/h13-14,16H,6-12,15,17-20H2,1-5H3. The molecule has 1 spiro atoms. The molecule has 3 rings (SSSR count). The molecule has 0 radical (unpaired) electrons. The SMILES string of the molecule is CCCCCCCCCOP1OCC2(CO1)COP(Oc1ccc(C)cc1C(C)(C)C)OC2. The van der Waals surface area contributed by atoms with Gasteiger partial charge < -0.3 is 27.1 Å². The molecule has 2 fully saturated rings. The van der Waals surface area contributed by atoms with Gasteiger partial charge in [0.1, 0.15) is 5.75 Å². The highest BCUT2D eigenvalue weighted by atomic mass is 31.2. The first-order chi connectivity index (χ1) is 15.8. The van der Waals surface area contributed by atoms with Crippen molar-refractivity contribution in [3.8, 4) is 5.75 Å². The summed E-state index contributed by atoms with van der Waals surface area (Å²) < 4.78 is 35.7. The van der Waals surface area contributed by atoms with E-state index in [4.69, 9.17) is 27.1 Å². The van der Waals surface area contributed by atoms with Crippen molar-refractivity contribution >= 4 is 17.2 Å². The molecule has 2 aliphatic heterocycles. The van der Waals surface area contributed by atoms with Crippen molar-refractivity contribution in [1.29, 1.82) is 0 Å². The normalized spacial score (nSPS) is 26.0. The smallest absolute Gasteiger partial charge is 0.397 e. The fourth-order valence-electron chi connectivity index (χ4n) is 3.80. The Morgan fingerprint density at radius 1 is 0.848 bits per heavy atom. The lowest BCUT2D eigenvalue weighted by Crippen LogP contribution is -2.45. The predicted molar refractivity (Wildman–Crippen MR) is 135 cm³/mol. The van der Waals surface area contributed by atoms with Gasteiger partial charge in [-0.3, -0.25) is 0 Å². The van der Waals surface area contributed by atoms with Crippen LogP contribution in [-0.2, 0) is 28.0 Å². The maximum atomic E-state index is 6.15. The van der Waals surface area contributed by atoms with Gasteiger partial charge in [-0.15, -0.1) is 0 Å². The van der Waals surface area contributed by atoms with E-state index in [9.17, 15) is 0 Å². The first-order valence-electron chi connectivity index (χ1n) is 12.4. The lowest BCUT2D eigenvalue weighted by molar-refractivity contribution is -0.0719. The van der Waals surface area contributed by atoms with Gasteiger partial charge in [0.2, 0.25) is 0 Å². The monoisotopic (exact) mass is 500 g/mol. The lowest BCUT2D eigenvalue weighted by atomic mass is 9.85. The van der Waals surface area contributed by atoms with Crippen LogP contribution in [-0.4, -0.2) is 33.0 Å². The van der Waals surface area contributed by atoms with Crippen LogP contribution >= 0.6 is 17.2 Å². The Balaban J connectivity index is 1.35. The summed E-state index contributed by atoms with van der Waals surface area (Å²) in [5.41, 5.74) is 2.06. The summed E-state index contributed by atoms with van der Waals surface area (Å²) in [6, 6.07) is 6.24. The van der Waals surface area contributed by atoms with E-state index in [1.807, 2.05) is 6.07 Å². The van der Waals surface area contributed by atoms with E-state index in [0.29, 0.717) is 33.0 Å². The molecule has 0 N–H and O–H groups in total. The molecule has 0 amide bonds. The average Bonchev–Trinajstić information content (AvgIpc) is 2.79. The van der Waals surface area contributed by atoms with Gasteiger partial charge in [0.25, 0.3) is 0 Å². The van der Waals surface area contributed by atoms with Crippen LogP contribution in [0.15, 0.2) is 18.2 Å². The van der Waals surface area contributed by atoms with Crippen molar-refractivity contribution in [3.63, 3.8) is 0 Å². The first kappa shape index (κ1) is 27.3. The Morgan fingerprint density at radius 3 is 2.03 bits per heavy atom. The van der Waals surface area contributed by atoms with Crippen molar-refractivity contribution in [2.75, 3.05) is 33.0 Å². The molecule has 0 aliphatic carbocycles. The number of hydrogen-bond acceptors (Lipinski definition) is 6. The van der Waals surface area contributed by atoms with E-state index in [0.717, 1.165) is 17.7 Å². The van der Waals surface area contributed by atoms with Gasteiger partial charge in [0, 0.05) is 5.56 Å². The minimum atomic E-state index is -1.44. The van der Waals surface area contributed by atoms with Crippen molar-refractivity contribution in [1.82, 2.24) is 0 Å². The first-order valence-corrected chi connectivity index (χ1v) is 14.5. The summed E-state index contributed by atoms with van der Waals surface area (Å²) in [6.07, 6.45) is 8.86. The van der Waals surface area contributed by atoms with Crippen LogP contribution in [0.25, 0.3) is 0 Å². The molecule has 1 aromatic carbocycles. The minimum absolute atomic E-state index is 0.0228. The van der Waals surface area contributed by atoms with Crippen molar-refractivity contribution in [2.24, 2.45) is 5.41 Å². The summed E-state index contributed by atoms with van der Waals surface area (Å²) >= 11 is 0. The van der Waals surface area contributed by atoms with Gasteiger partial charge in [0.15, 0.2) is 0 Å². The summed E-state index contributed by atoms with van der Waals surface area (Å²) in [5.74, 6) is 0.827. The van der Waals surface area contributed by atoms with Crippen LogP contribution in [0, 0.1) is 12.3 Å². The van der Waals surface area contributed by atoms with Gasteiger partial charge in [-0.2, -0.15) is 0 Å². The van der Waals surface area contributed by atoms with Crippen LogP contribution in [0.2, 0.25) is 0 Å². The van der Waals surface area contributed by atoms with E-state index in [1.54, 1.807) is 0 Å². The Bertz CT molecular complexity index is 705. The van der Waals surface area contributed by atoms with Crippen LogP contribution in [0.4, 0.5) is 0 Å². The van der Waals surface area contributed by atoms with Gasteiger partial charge in [-0.05, 0) is 24.8 Å². The molecule has 2 heterocycles. The largest absolute Gasteiger partial charge is 0.426 e. The molecule has 0 unspecified atom stereocenters. The highest BCUT2D eigenvalue weighted by Crippen LogP contribution is 2.53. The molecule has 1 aromatic rings. The third-order valence-electron chi connectivity index (χ3n) is 5.97. The molecule has 6 nitrogen and oxygen atoms in total. The second-order valence-corrected chi connectivity index (χ2v) is 12.7. The molecule has 2 aliphatic rings. The molecule has 0 saturated carbocycles. The molecule has 0 bridgehead atoms. The zero-order chi connectivity index (χ0) is 23.7. The van der Waals surface area contributed by atoms with E-state index in [-0.39, 0.29) is 10.8 Å². The van der Waals surface area contributed by atoms with Gasteiger partial charge in [-0.25, -0.2) is 0 Å². The molecule has 0 atom stereocenters. The van der Waals surface area contributed by atoms with Crippen molar-refractivity contribution < 1.29 is 27.1 Å². The predicted octanol–water partition coefficient (Wildman–Crippen LogP) is 7.97. The molecule has 33 heavy (non-hydrogen) atoms. The third-order valence-corrected chi connectivity index (χ3v) is 8.06. The zero-order valence-corrected chi connectivity index (χ0v) is 22.9. The fraction of sp³-hybridized carbons (Fsp3) is 0.760. The average molecular weight is 501 g/mol. The third kappa shape index (κ3) is 8.69. The van der Waals surface area contributed by atoms with Gasteiger partial charge >= 0.3 is 17.2 Å². The molecule has 188 valence electrons. The van der Waals surface area contributed by atoms with Crippen molar-refractivity contribution in [3.05, 3.63) is 29.3 Å². The number of unbranched alkanes of at least 4 members (excludes halogenated alkanes) is 6. The van der Waals surface area contributed by atoms with Crippen LogP contribution in [0.5, 0.6) is 5.75 Å². The van der Waals surface area contributed by atoms with E-state index in [2.05, 4.69) is 46.8 Å². The summed E-state index contributed by atoms with van der Waals surface area (Å²) in [6.45, 7) is 13.6. The topological polar surface area (TPSA) is 55.4 Å². The maximum absolute atomic E-state index is 6.15. The van der Waals surface area contributed by atoms with E-state index < -0.39 is 17.2 Å². The highest BCUT2D eigenvalue weighted by molar-refractivity contribution is 7.42.